The third-order valence-electron chi connectivity index (χ3n) is 0.760. The van der Waals surface area contributed by atoms with Crippen molar-refractivity contribution < 1.29 is 4.79 Å². The summed E-state index contributed by atoms with van der Waals surface area (Å²) in [6.07, 6.45) is 1.11. The molecule has 0 atom stereocenters. The largest absolute Gasteiger partial charge is 0.300 e. The third kappa shape index (κ3) is 6.90. The van der Waals surface area contributed by atoms with Crippen LogP contribution in [-0.2, 0) is 4.79 Å². The Bertz CT molecular complexity index is 161. The van der Waals surface area contributed by atoms with Gasteiger partial charge in [-0.15, -0.1) is 0 Å². The Hall–Kier alpha value is -1.10. The van der Waals surface area contributed by atoms with Crippen LogP contribution in [-0.4, -0.2) is 12.5 Å². The van der Waals surface area contributed by atoms with Gasteiger partial charge in [0.1, 0.15) is 5.78 Å². The summed E-state index contributed by atoms with van der Waals surface area (Å²) in [6.45, 7) is 4.71. The lowest BCUT2D eigenvalue weighted by atomic mass is 10.2. The fourth-order valence-electron chi connectivity index (χ4n) is 0.350. The second-order valence-electron chi connectivity index (χ2n) is 1.65. The molecule has 2 heteroatoms. The molecule has 0 spiro atoms. The molecule has 0 amide bonds. The molecule has 0 saturated carbocycles. The van der Waals surface area contributed by atoms with Crippen molar-refractivity contribution in [2.75, 3.05) is 0 Å². The van der Waals surface area contributed by atoms with Gasteiger partial charge in [-0.05, 0) is 6.92 Å². The molecule has 0 aliphatic rings. The predicted octanol–water partition coefficient (Wildman–Crippen LogP) is 1.02. The highest BCUT2D eigenvalue weighted by Crippen LogP contribution is 1.86. The van der Waals surface area contributed by atoms with Gasteiger partial charge in [0.2, 0.25) is 0 Å². The molecular formula is C7H9NO. The molecule has 0 aliphatic heterocycles. The van der Waals surface area contributed by atoms with Gasteiger partial charge >= 0.3 is 0 Å². The number of ketones is 1. The average Bonchev–Trinajstić information content (AvgIpc) is 1.80. The van der Waals surface area contributed by atoms with E-state index in [9.17, 15) is 4.79 Å². The summed E-state index contributed by atoms with van der Waals surface area (Å²) in [4.78, 5) is 13.6. The van der Waals surface area contributed by atoms with Crippen LogP contribution in [0, 0.1) is 12.0 Å². The molecule has 0 aromatic heterocycles. The van der Waals surface area contributed by atoms with Crippen molar-refractivity contribution in [3.63, 3.8) is 0 Å². The van der Waals surface area contributed by atoms with E-state index in [2.05, 4.69) is 23.7 Å². The number of carbonyl (C=O) groups excluding carboxylic acids is 1. The molecule has 0 saturated heterocycles. The normalized spacial score (nSPS) is 7.22. The van der Waals surface area contributed by atoms with E-state index in [-0.39, 0.29) is 5.78 Å². The van der Waals surface area contributed by atoms with Gasteiger partial charge in [0, 0.05) is 25.6 Å². The lowest BCUT2D eigenvalue weighted by Crippen LogP contribution is -1.86. The number of nitrogens with zero attached hydrogens (tertiary/aromatic N) is 1. The highest BCUT2D eigenvalue weighted by atomic mass is 16.1. The molecule has 0 aromatic carbocycles. The maximum absolute atomic E-state index is 10.3. The first-order valence-electron chi connectivity index (χ1n) is 2.70. The van der Waals surface area contributed by atoms with Crippen molar-refractivity contribution in [1.82, 2.24) is 0 Å². The SMILES string of the molecule is C=NC#CCCC(C)=O. The van der Waals surface area contributed by atoms with Crippen LogP contribution in [0.1, 0.15) is 19.8 Å². The van der Waals surface area contributed by atoms with Crippen LogP contribution in [0.15, 0.2) is 4.99 Å². The van der Waals surface area contributed by atoms with Gasteiger partial charge in [0.05, 0.1) is 0 Å². The van der Waals surface area contributed by atoms with Crippen molar-refractivity contribution in [2.24, 2.45) is 4.99 Å². The third-order valence-corrected chi connectivity index (χ3v) is 0.760. The highest BCUT2D eigenvalue weighted by molar-refractivity contribution is 5.75. The first kappa shape index (κ1) is 7.90. The van der Waals surface area contributed by atoms with E-state index in [1.54, 1.807) is 6.92 Å². The molecule has 0 aliphatic carbocycles. The van der Waals surface area contributed by atoms with Crippen molar-refractivity contribution >= 4 is 12.5 Å². The monoisotopic (exact) mass is 123 g/mol. The van der Waals surface area contributed by atoms with Crippen LogP contribution in [0.5, 0.6) is 0 Å². The summed E-state index contributed by atoms with van der Waals surface area (Å²) < 4.78 is 0. The fraction of sp³-hybridized carbons (Fsp3) is 0.429. The van der Waals surface area contributed by atoms with Crippen molar-refractivity contribution in [2.45, 2.75) is 19.8 Å². The quantitative estimate of drug-likeness (QED) is 0.398. The number of hydrogen-bond acceptors (Lipinski definition) is 2. The van der Waals surface area contributed by atoms with Crippen LogP contribution in [0.2, 0.25) is 0 Å². The molecule has 0 rings (SSSR count). The second-order valence-corrected chi connectivity index (χ2v) is 1.65. The highest BCUT2D eigenvalue weighted by Gasteiger charge is 1.86. The minimum Gasteiger partial charge on any atom is -0.300 e. The molecule has 0 bridgehead atoms. The zero-order valence-electron chi connectivity index (χ0n) is 5.48. The van der Waals surface area contributed by atoms with E-state index in [1.807, 2.05) is 0 Å². The Balaban J connectivity index is 3.29. The lowest BCUT2D eigenvalue weighted by Gasteiger charge is -1.81. The van der Waals surface area contributed by atoms with E-state index in [4.69, 9.17) is 0 Å². The van der Waals surface area contributed by atoms with Crippen molar-refractivity contribution in [3.8, 4) is 12.0 Å². The smallest absolute Gasteiger partial charge is 0.130 e. The standard InChI is InChI=1S/C7H9NO/c1-7(9)5-3-4-6-8-2/h2-3,5H2,1H3. The molecule has 0 unspecified atom stereocenters. The van der Waals surface area contributed by atoms with Crippen LogP contribution < -0.4 is 0 Å². The minimum atomic E-state index is 0.161. The maximum atomic E-state index is 10.3. The molecule has 0 fully saturated rings. The Morgan fingerprint density at radius 3 is 2.89 bits per heavy atom. The van der Waals surface area contributed by atoms with Crippen LogP contribution in [0.4, 0.5) is 0 Å². The Kier molecular flexibility index (Phi) is 4.43. The van der Waals surface area contributed by atoms with Crippen LogP contribution in [0.3, 0.4) is 0 Å². The zero-order valence-corrected chi connectivity index (χ0v) is 5.48. The molecule has 0 aromatic rings. The van der Waals surface area contributed by atoms with E-state index in [0.717, 1.165) is 0 Å². The summed E-state index contributed by atoms with van der Waals surface area (Å²) in [5, 5.41) is 0. The van der Waals surface area contributed by atoms with Gasteiger partial charge < -0.3 is 0 Å². The summed E-state index contributed by atoms with van der Waals surface area (Å²) in [5.74, 6) is 2.83. The second kappa shape index (κ2) is 5.04. The van der Waals surface area contributed by atoms with E-state index < -0.39 is 0 Å². The summed E-state index contributed by atoms with van der Waals surface area (Å²) in [6, 6.07) is 2.42. The summed E-state index contributed by atoms with van der Waals surface area (Å²) in [7, 11) is 0. The van der Waals surface area contributed by atoms with Gasteiger partial charge in [-0.1, -0.05) is 5.92 Å². The van der Waals surface area contributed by atoms with Gasteiger partial charge in [-0.2, -0.15) is 0 Å². The zero-order chi connectivity index (χ0) is 7.11. The number of hydrogen-bond donors (Lipinski definition) is 0. The number of Topliss-reactive ketones (excluding diaryl/α,β-unsaturated/α-hetero) is 1. The fourth-order valence-corrected chi connectivity index (χ4v) is 0.350. The summed E-state index contributed by atoms with van der Waals surface area (Å²) in [5.41, 5.74) is 0. The van der Waals surface area contributed by atoms with Crippen molar-refractivity contribution in [1.29, 1.82) is 0 Å². The van der Waals surface area contributed by atoms with Gasteiger partial charge in [-0.25, -0.2) is 4.99 Å². The molecule has 0 heterocycles. The van der Waals surface area contributed by atoms with E-state index in [0.29, 0.717) is 12.8 Å². The predicted molar refractivity (Wildman–Crippen MR) is 37.2 cm³/mol. The van der Waals surface area contributed by atoms with Crippen LogP contribution in [0.25, 0.3) is 0 Å². The molecule has 9 heavy (non-hydrogen) atoms. The first-order valence-corrected chi connectivity index (χ1v) is 2.70. The Labute approximate surface area is 55.0 Å². The van der Waals surface area contributed by atoms with E-state index in [1.165, 1.54) is 0 Å². The number of carbonyl (C=O) groups is 1. The van der Waals surface area contributed by atoms with Crippen LogP contribution >= 0.6 is 0 Å². The minimum absolute atomic E-state index is 0.161. The Morgan fingerprint density at radius 2 is 2.44 bits per heavy atom. The lowest BCUT2D eigenvalue weighted by molar-refractivity contribution is -0.116. The molecule has 48 valence electrons. The molecule has 0 radical (unpaired) electrons. The molecule has 0 N–H and O–H groups in total. The van der Waals surface area contributed by atoms with Crippen molar-refractivity contribution in [3.05, 3.63) is 0 Å². The average molecular weight is 123 g/mol. The summed E-state index contributed by atoms with van der Waals surface area (Å²) >= 11 is 0. The molecular weight excluding hydrogens is 114 g/mol. The van der Waals surface area contributed by atoms with Gasteiger partial charge in [0.15, 0.2) is 0 Å². The molecule has 2 nitrogen and oxygen atoms in total. The van der Waals surface area contributed by atoms with E-state index >= 15 is 0 Å². The number of rotatable bonds is 2. The first-order chi connectivity index (χ1) is 4.27. The topological polar surface area (TPSA) is 29.4 Å². The number of aliphatic imine (C=N–C) groups is 1. The maximum Gasteiger partial charge on any atom is 0.130 e. The Morgan fingerprint density at radius 1 is 1.78 bits per heavy atom. The van der Waals surface area contributed by atoms with Gasteiger partial charge in [-0.3, -0.25) is 4.79 Å². The van der Waals surface area contributed by atoms with Gasteiger partial charge in [0.25, 0.3) is 0 Å².